The number of hydrogen-bond donors (Lipinski definition) is 1. The van der Waals surface area contributed by atoms with Crippen molar-refractivity contribution in [2.75, 3.05) is 11.3 Å². The summed E-state index contributed by atoms with van der Waals surface area (Å²) in [4.78, 5) is 11.8. The quantitative estimate of drug-likeness (QED) is 0.816. The van der Waals surface area contributed by atoms with E-state index in [2.05, 4.69) is 9.82 Å². The lowest BCUT2D eigenvalue weighted by Crippen LogP contribution is -2.14. The van der Waals surface area contributed by atoms with Crippen LogP contribution in [0.4, 0.5) is 5.69 Å². The normalized spacial score (nSPS) is 11.3. The Hall–Kier alpha value is -2.35. The molecule has 7 nitrogen and oxygen atoms in total. The molecule has 0 radical (unpaired) electrons. The number of aryl methyl sites for hydroxylation is 1. The molecule has 2 aromatic rings. The molecule has 0 aliphatic carbocycles. The summed E-state index contributed by atoms with van der Waals surface area (Å²) in [5, 5.41) is 4.04. The fourth-order valence-corrected chi connectivity index (χ4v) is 3.37. The molecule has 0 bridgehead atoms. The first kappa shape index (κ1) is 17.0. The second kappa shape index (κ2) is 6.82. The van der Waals surface area contributed by atoms with Crippen molar-refractivity contribution in [3.8, 4) is 0 Å². The maximum Gasteiger partial charge on any atom is 0.338 e. The Labute approximate surface area is 135 Å². The highest BCUT2D eigenvalue weighted by Gasteiger charge is 2.21. The van der Waals surface area contributed by atoms with Gasteiger partial charge in [0, 0.05) is 12.2 Å². The van der Waals surface area contributed by atoms with E-state index in [4.69, 9.17) is 4.74 Å². The summed E-state index contributed by atoms with van der Waals surface area (Å²) in [6.07, 6.45) is 1.32. The van der Waals surface area contributed by atoms with E-state index in [0.29, 0.717) is 17.9 Å². The predicted octanol–water partition coefficient (Wildman–Crippen LogP) is 2.19. The van der Waals surface area contributed by atoms with Gasteiger partial charge in [-0.1, -0.05) is 6.07 Å². The molecule has 1 aromatic heterocycles. The smallest absolute Gasteiger partial charge is 0.338 e. The maximum absolute atomic E-state index is 12.5. The van der Waals surface area contributed by atoms with Crippen LogP contribution in [0.2, 0.25) is 0 Å². The highest BCUT2D eigenvalue weighted by atomic mass is 32.2. The van der Waals surface area contributed by atoms with Crippen molar-refractivity contribution in [3.63, 3.8) is 0 Å². The Morgan fingerprint density at radius 1 is 1.35 bits per heavy atom. The number of nitrogens with one attached hydrogen (secondary N) is 1. The first-order chi connectivity index (χ1) is 10.9. The second-order valence-electron chi connectivity index (χ2n) is 4.82. The molecule has 8 heteroatoms. The van der Waals surface area contributed by atoms with Gasteiger partial charge in [0.25, 0.3) is 10.0 Å². The number of sulfonamides is 1. The summed E-state index contributed by atoms with van der Waals surface area (Å²) in [6, 6.07) is 6.16. The van der Waals surface area contributed by atoms with Gasteiger partial charge < -0.3 is 4.74 Å². The van der Waals surface area contributed by atoms with Crippen LogP contribution in [0.5, 0.6) is 0 Å². The molecule has 1 aromatic carbocycles. The van der Waals surface area contributed by atoms with Crippen LogP contribution in [0.1, 0.15) is 29.9 Å². The molecule has 2 rings (SSSR count). The summed E-state index contributed by atoms with van der Waals surface area (Å²) in [7, 11) is -3.77. The molecule has 0 fully saturated rings. The van der Waals surface area contributed by atoms with E-state index in [0.717, 1.165) is 0 Å². The molecule has 0 atom stereocenters. The molecule has 23 heavy (non-hydrogen) atoms. The molecule has 0 amide bonds. The molecule has 0 aliphatic heterocycles. The van der Waals surface area contributed by atoms with Crippen molar-refractivity contribution in [3.05, 3.63) is 41.7 Å². The minimum atomic E-state index is -3.77. The van der Waals surface area contributed by atoms with Crippen LogP contribution in [0.3, 0.4) is 0 Å². The van der Waals surface area contributed by atoms with Gasteiger partial charge in [-0.3, -0.25) is 9.40 Å². The Morgan fingerprint density at radius 3 is 2.70 bits per heavy atom. The van der Waals surface area contributed by atoms with Crippen LogP contribution < -0.4 is 4.72 Å². The molecule has 1 N–H and O–H groups in total. The Kier molecular flexibility index (Phi) is 5.05. The number of rotatable bonds is 6. The summed E-state index contributed by atoms with van der Waals surface area (Å²) in [5.41, 5.74) is 1.13. The Balaban J connectivity index is 2.29. The first-order valence-electron chi connectivity index (χ1n) is 7.21. The largest absolute Gasteiger partial charge is 0.462 e. The molecule has 0 spiro atoms. The van der Waals surface area contributed by atoms with Crippen molar-refractivity contribution in [2.24, 2.45) is 0 Å². The van der Waals surface area contributed by atoms with E-state index in [1.54, 1.807) is 36.7 Å². The fraction of sp³-hybridized carbons (Fsp3) is 0.333. The van der Waals surface area contributed by atoms with E-state index >= 15 is 0 Å². The van der Waals surface area contributed by atoms with Crippen molar-refractivity contribution >= 4 is 21.7 Å². The highest BCUT2D eigenvalue weighted by molar-refractivity contribution is 7.92. The fourth-order valence-electron chi connectivity index (χ4n) is 2.15. The monoisotopic (exact) mass is 337 g/mol. The van der Waals surface area contributed by atoms with Gasteiger partial charge in [0.05, 0.1) is 24.1 Å². The highest BCUT2D eigenvalue weighted by Crippen LogP contribution is 2.20. The van der Waals surface area contributed by atoms with Gasteiger partial charge in [-0.05, 0) is 39.0 Å². The van der Waals surface area contributed by atoms with E-state index in [1.807, 2.05) is 6.92 Å². The predicted molar refractivity (Wildman–Crippen MR) is 85.8 cm³/mol. The minimum Gasteiger partial charge on any atom is -0.462 e. The van der Waals surface area contributed by atoms with Crippen molar-refractivity contribution in [1.82, 2.24) is 9.78 Å². The standard InChI is InChI=1S/C15H19N3O4S/c1-4-18-11(3)14(10-16-18)23(20,21)17-13-8-6-7-12(9-13)15(19)22-5-2/h6-10,17H,4-5H2,1-3H3. The third kappa shape index (κ3) is 3.70. The van der Waals surface area contributed by atoms with Crippen LogP contribution in [0.25, 0.3) is 0 Å². The van der Waals surface area contributed by atoms with Crippen molar-refractivity contribution < 1.29 is 17.9 Å². The molecular weight excluding hydrogens is 318 g/mol. The number of hydrogen-bond acceptors (Lipinski definition) is 5. The Bertz CT molecular complexity index is 812. The lowest BCUT2D eigenvalue weighted by molar-refractivity contribution is 0.0526. The zero-order valence-electron chi connectivity index (χ0n) is 13.2. The lowest BCUT2D eigenvalue weighted by atomic mass is 10.2. The second-order valence-corrected chi connectivity index (χ2v) is 6.47. The van der Waals surface area contributed by atoms with E-state index in [-0.39, 0.29) is 17.1 Å². The molecular formula is C15H19N3O4S. The zero-order chi connectivity index (χ0) is 17.0. The summed E-state index contributed by atoms with van der Waals surface area (Å²) >= 11 is 0. The maximum atomic E-state index is 12.5. The van der Waals surface area contributed by atoms with Gasteiger partial charge in [-0.15, -0.1) is 0 Å². The third-order valence-electron chi connectivity index (χ3n) is 3.27. The van der Waals surface area contributed by atoms with Gasteiger partial charge in [-0.2, -0.15) is 5.10 Å². The lowest BCUT2D eigenvalue weighted by Gasteiger charge is -2.09. The van der Waals surface area contributed by atoms with Gasteiger partial charge in [-0.25, -0.2) is 13.2 Å². The number of carbonyl (C=O) groups is 1. The summed E-state index contributed by atoms with van der Waals surface area (Å²) in [6.45, 7) is 6.12. The van der Waals surface area contributed by atoms with Crippen molar-refractivity contribution in [2.45, 2.75) is 32.2 Å². The van der Waals surface area contributed by atoms with Crippen LogP contribution in [0.15, 0.2) is 35.4 Å². The first-order valence-corrected chi connectivity index (χ1v) is 8.69. The van der Waals surface area contributed by atoms with E-state index in [9.17, 15) is 13.2 Å². The van der Waals surface area contributed by atoms with Crippen molar-refractivity contribution in [1.29, 1.82) is 0 Å². The van der Waals surface area contributed by atoms with Crippen LogP contribution in [-0.2, 0) is 21.3 Å². The number of nitrogens with zero attached hydrogens (tertiary/aromatic N) is 2. The Morgan fingerprint density at radius 2 is 2.09 bits per heavy atom. The molecule has 0 unspecified atom stereocenters. The molecule has 1 heterocycles. The number of anilines is 1. The van der Waals surface area contributed by atoms with E-state index < -0.39 is 16.0 Å². The number of esters is 1. The van der Waals surface area contributed by atoms with E-state index in [1.165, 1.54) is 12.3 Å². The van der Waals surface area contributed by atoms with Gasteiger partial charge >= 0.3 is 5.97 Å². The van der Waals surface area contributed by atoms with Crippen LogP contribution >= 0.6 is 0 Å². The zero-order valence-corrected chi connectivity index (χ0v) is 14.1. The molecule has 0 saturated heterocycles. The summed E-state index contributed by atoms with van der Waals surface area (Å²) < 4.78 is 33.9. The third-order valence-corrected chi connectivity index (χ3v) is 4.76. The van der Waals surface area contributed by atoms with Gasteiger partial charge in [0.15, 0.2) is 0 Å². The number of aromatic nitrogens is 2. The average molecular weight is 337 g/mol. The number of ether oxygens (including phenoxy) is 1. The SMILES string of the molecule is CCOC(=O)c1cccc(NS(=O)(=O)c2cnn(CC)c2C)c1. The van der Waals surface area contributed by atoms with Gasteiger partial charge in [0.2, 0.25) is 0 Å². The molecule has 0 aliphatic rings. The van der Waals surface area contributed by atoms with Crippen LogP contribution in [-0.4, -0.2) is 30.8 Å². The molecule has 124 valence electrons. The van der Waals surface area contributed by atoms with Gasteiger partial charge in [0.1, 0.15) is 4.90 Å². The number of benzene rings is 1. The van der Waals surface area contributed by atoms with Crippen LogP contribution in [0, 0.1) is 6.92 Å². The summed E-state index contributed by atoms with van der Waals surface area (Å²) in [5.74, 6) is -0.497. The molecule has 0 saturated carbocycles. The minimum absolute atomic E-state index is 0.112. The average Bonchev–Trinajstić information content (AvgIpc) is 2.89. The number of carbonyl (C=O) groups excluding carboxylic acids is 1. The topological polar surface area (TPSA) is 90.3 Å².